The second-order valence-corrected chi connectivity index (χ2v) is 5.47. The van der Waals surface area contributed by atoms with Gasteiger partial charge >= 0.3 is 0 Å². The lowest BCUT2D eigenvalue weighted by molar-refractivity contribution is 1.51. The summed E-state index contributed by atoms with van der Waals surface area (Å²) in [5.74, 6) is 0. The van der Waals surface area contributed by atoms with Crippen LogP contribution in [0.25, 0.3) is 32.3 Å². The molecule has 0 N–H and O–H groups in total. The molecule has 0 atom stereocenters. The molecule has 0 radical (unpaired) electrons. The van der Waals surface area contributed by atoms with E-state index in [-0.39, 0.29) is 0 Å². The van der Waals surface area contributed by atoms with E-state index in [1.54, 1.807) is 0 Å². The molecule has 0 saturated carbocycles. The van der Waals surface area contributed by atoms with E-state index in [1.807, 2.05) is 18.2 Å². The third kappa shape index (κ3) is 1.70. The fourth-order valence-corrected chi connectivity index (χ4v) is 3.12. The Balaban J connectivity index is 2.30. The van der Waals surface area contributed by atoms with Crippen molar-refractivity contribution in [2.24, 2.45) is 0 Å². The Bertz CT molecular complexity index is 1050. The molecule has 0 amide bonds. The molecule has 1 heteroatoms. The number of nitrogens with zero attached hydrogens (tertiary/aromatic N) is 1. The molecule has 0 fully saturated rings. The van der Waals surface area contributed by atoms with E-state index in [1.165, 1.54) is 16.3 Å². The van der Waals surface area contributed by atoms with E-state index in [4.69, 9.17) is 0 Å². The molecule has 0 spiro atoms. The van der Waals surface area contributed by atoms with Gasteiger partial charge in [0.15, 0.2) is 0 Å². The molecule has 0 aliphatic heterocycles. The maximum absolute atomic E-state index is 9.60. The third-order valence-electron chi connectivity index (χ3n) is 4.13. The van der Waals surface area contributed by atoms with Gasteiger partial charge in [-0.15, -0.1) is 0 Å². The minimum atomic E-state index is 0.769. The monoisotopic (exact) mass is 267 g/mol. The van der Waals surface area contributed by atoms with Gasteiger partial charge in [0.2, 0.25) is 0 Å². The van der Waals surface area contributed by atoms with Crippen LogP contribution in [0, 0.1) is 18.3 Å². The fourth-order valence-electron chi connectivity index (χ4n) is 3.12. The zero-order valence-corrected chi connectivity index (χ0v) is 11.7. The first-order valence-corrected chi connectivity index (χ1v) is 7.03. The fraction of sp³-hybridized carbons (Fsp3) is 0.0500. The molecule has 4 rings (SSSR count). The normalized spacial score (nSPS) is 11.0. The summed E-state index contributed by atoms with van der Waals surface area (Å²) in [4.78, 5) is 0. The minimum absolute atomic E-state index is 0.769. The van der Waals surface area contributed by atoms with Crippen LogP contribution in [0.4, 0.5) is 0 Å². The molecule has 0 aliphatic carbocycles. The van der Waals surface area contributed by atoms with Gasteiger partial charge in [-0.25, -0.2) is 0 Å². The predicted octanol–water partition coefficient (Wildman–Crippen LogP) is 5.33. The van der Waals surface area contributed by atoms with Gasteiger partial charge < -0.3 is 0 Å². The molecule has 0 aliphatic rings. The number of rotatable bonds is 0. The van der Waals surface area contributed by atoms with Crippen LogP contribution >= 0.6 is 0 Å². The maximum Gasteiger partial charge on any atom is 0.100 e. The second-order valence-electron chi connectivity index (χ2n) is 5.47. The van der Waals surface area contributed by atoms with E-state index in [0.29, 0.717) is 0 Å². The van der Waals surface area contributed by atoms with Crippen molar-refractivity contribution in [3.8, 4) is 6.07 Å². The highest BCUT2D eigenvalue weighted by atomic mass is 14.3. The molecule has 0 aromatic heterocycles. The van der Waals surface area contributed by atoms with Crippen LogP contribution in [0.3, 0.4) is 0 Å². The number of benzene rings is 4. The molecule has 4 aromatic carbocycles. The van der Waals surface area contributed by atoms with E-state index in [9.17, 15) is 5.26 Å². The topological polar surface area (TPSA) is 23.8 Å². The first-order chi connectivity index (χ1) is 10.3. The average Bonchev–Trinajstić information content (AvgIpc) is 2.52. The summed E-state index contributed by atoms with van der Waals surface area (Å²) in [5.41, 5.74) is 2.02. The number of fused-ring (bicyclic) bond motifs is 4. The summed E-state index contributed by atoms with van der Waals surface area (Å²) in [6.45, 7) is 2.10. The van der Waals surface area contributed by atoms with Gasteiger partial charge in [-0.1, -0.05) is 60.2 Å². The van der Waals surface area contributed by atoms with E-state index < -0.39 is 0 Å². The largest absolute Gasteiger partial charge is 0.192 e. The van der Waals surface area contributed by atoms with E-state index >= 15 is 0 Å². The zero-order valence-electron chi connectivity index (χ0n) is 11.7. The van der Waals surface area contributed by atoms with Gasteiger partial charge in [0.1, 0.15) is 6.07 Å². The molecule has 98 valence electrons. The lowest BCUT2D eigenvalue weighted by Crippen LogP contribution is -1.86. The minimum Gasteiger partial charge on any atom is -0.192 e. The summed E-state index contributed by atoms with van der Waals surface area (Å²) in [5, 5.41) is 16.4. The van der Waals surface area contributed by atoms with Crippen molar-refractivity contribution in [2.45, 2.75) is 6.92 Å². The Morgan fingerprint density at radius 3 is 2.33 bits per heavy atom. The molecular weight excluding hydrogens is 254 g/mol. The number of nitriles is 1. The number of hydrogen-bond acceptors (Lipinski definition) is 1. The summed E-state index contributed by atoms with van der Waals surface area (Å²) < 4.78 is 0. The molecule has 0 heterocycles. The SMILES string of the molecule is Cc1ccc2c(ccc3c(C#N)c4ccccc4cc32)c1. The number of hydrogen-bond donors (Lipinski definition) is 0. The third-order valence-corrected chi connectivity index (χ3v) is 4.13. The smallest absolute Gasteiger partial charge is 0.100 e. The Morgan fingerprint density at radius 1 is 0.714 bits per heavy atom. The number of aryl methyl sites for hydroxylation is 1. The Kier molecular flexibility index (Phi) is 2.46. The van der Waals surface area contributed by atoms with Crippen molar-refractivity contribution in [1.29, 1.82) is 5.26 Å². The summed E-state index contributed by atoms with van der Waals surface area (Å²) in [7, 11) is 0. The van der Waals surface area contributed by atoms with Crippen LogP contribution in [0.1, 0.15) is 11.1 Å². The van der Waals surface area contributed by atoms with E-state index in [2.05, 4.69) is 55.5 Å². The summed E-state index contributed by atoms with van der Waals surface area (Å²) in [6.07, 6.45) is 0. The molecule has 0 unspecified atom stereocenters. The molecule has 21 heavy (non-hydrogen) atoms. The van der Waals surface area contributed by atoms with Gasteiger partial charge in [0.05, 0.1) is 5.56 Å². The highest BCUT2D eigenvalue weighted by Gasteiger charge is 2.09. The van der Waals surface area contributed by atoms with Crippen molar-refractivity contribution in [3.63, 3.8) is 0 Å². The van der Waals surface area contributed by atoms with Crippen LogP contribution < -0.4 is 0 Å². The Labute approximate surface area is 123 Å². The lowest BCUT2D eigenvalue weighted by atomic mass is 9.93. The van der Waals surface area contributed by atoms with Crippen molar-refractivity contribution < 1.29 is 0 Å². The Morgan fingerprint density at radius 2 is 1.48 bits per heavy atom. The molecule has 1 nitrogen and oxygen atoms in total. The first-order valence-electron chi connectivity index (χ1n) is 7.03. The quantitative estimate of drug-likeness (QED) is 0.312. The van der Waals surface area contributed by atoms with Crippen LogP contribution in [-0.2, 0) is 0 Å². The van der Waals surface area contributed by atoms with Crippen LogP contribution in [0.5, 0.6) is 0 Å². The molecule has 0 saturated heterocycles. The molecule has 4 aromatic rings. The highest BCUT2D eigenvalue weighted by molar-refractivity contribution is 6.15. The summed E-state index contributed by atoms with van der Waals surface area (Å²) in [6, 6.07) is 23.3. The van der Waals surface area contributed by atoms with E-state index in [0.717, 1.165) is 27.1 Å². The van der Waals surface area contributed by atoms with Crippen molar-refractivity contribution in [3.05, 3.63) is 71.8 Å². The highest BCUT2D eigenvalue weighted by Crippen LogP contribution is 2.33. The second kappa shape index (κ2) is 4.33. The van der Waals surface area contributed by atoms with Crippen LogP contribution in [0.2, 0.25) is 0 Å². The van der Waals surface area contributed by atoms with Gasteiger partial charge in [-0.2, -0.15) is 5.26 Å². The first kappa shape index (κ1) is 11.9. The predicted molar refractivity (Wildman–Crippen MR) is 88.4 cm³/mol. The van der Waals surface area contributed by atoms with Gasteiger partial charge in [-0.05, 0) is 34.5 Å². The van der Waals surface area contributed by atoms with Crippen LogP contribution in [0.15, 0.2) is 60.7 Å². The Hall–Kier alpha value is -2.85. The van der Waals surface area contributed by atoms with Crippen molar-refractivity contribution in [1.82, 2.24) is 0 Å². The zero-order chi connectivity index (χ0) is 14.4. The standard InChI is InChI=1S/C20H13N/c1-13-6-8-17-15(10-13)7-9-18-19(17)11-14-4-2-3-5-16(14)20(18)12-21/h2-11H,1H3. The van der Waals surface area contributed by atoms with Gasteiger partial charge in [-0.3, -0.25) is 0 Å². The van der Waals surface area contributed by atoms with Crippen molar-refractivity contribution >= 4 is 32.3 Å². The average molecular weight is 267 g/mol. The molecule has 0 bridgehead atoms. The van der Waals surface area contributed by atoms with Gasteiger partial charge in [0, 0.05) is 10.8 Å². The van der Waals surface area contributed by atoms with Crippen LogP contribution in [-0.4, -0.2) is 0 Å². The van der Waals surface area contributed by atoms with Crippen molar-refractivity contribution in [2.75, 3.05) is 0 Å². The van der Waals surface area contributed by atoms with Gasteiger partial charge in [0.25, 0.3) is 0 Å². The lowest BCUT2D eigenvalue weighted by Gasteiger charge is -2.09. The maximum atomic E-state index is 9.60. The summed E-state index contributed by atoms with van der Waals surface area (Å²) >= 11 is 0. The molecular formula is C20H13N.